The van der Waals surface area contributed by atoms with E-state index >= 15 is 0 Å². The molecule has 1 unspecified atom stereocenters. The Kier molecular flexibility index (Phi) is 6.30. The van der Waals surface area contributed by atoms with Gasteiger partial charge in [0.05, 0.1) is 15.8 Å². The lowest BCUT2D eigenvalue weighted by molar-refractivity contribution is -0.275. The van der Waals surface area contributed by atoms with E-state index in [2.05, 4.69) is 10.5 Å². The summed E-state index contributed by atoms with van der Waals surface area (Å²) in [5.41, 5.74) is -3.28. The SMILES string of the molecule is O=C(CC1CC1)NCc1cc(C2=NOC(c3cc(Cl)c(F)c(Cl)c3)(C(F)(F)F)C2)ccc1F. The normalized spacial score (nSPS) is 20.4. The minimum absolute atomic E-state index is 0.0942. The third kappa shape index (κ3) is 4.80. The first-order valence-corrected chi connectivity index (χ1v) is 10.8. The Morgan fingerprint density at radius 3 is 2.42 bits per heavy atom. The van der Waals surface area contributed by atoms with Crippen LogP contribution in [0.1, 0.15) is 42.4 Å². The van der Waals surface area contributed by atoms with E-state index < -0.39 is 45.4 Å². The van der Waals surface area contributed by atoms with Crippen LogP contribution >= 0.6 is 23.2 Å². The van der Waals surface area contributed by atoms with Crippen LogP contribution in [0.25, 0.3) is 0 Å². The number of rotatable bonds is 6. The van der Waals surface area contributed by atoms with Crippen molar-refractivity contribution in [2.24, 2.45) is 11.1 Å². The van der Waals surface area contributed by atoms with Gasteiger partial charge in [-0.3, -0.25) is 4.79 Å². The number of carbonyl (C=O) groups is 1. The van der Waals surface area contributed by atoms with Crippen LogP contribution in [0.4, 0.5) is 22.0 Å². The number of carbonyl (C=O) groups excluding carboxylic acids is 1. The Morgan fingerprint density at radius 2 is 1.82 bits per heavy atom. The first-order valence-electron chi connectivity index (χ1n) is 10.0. The minimum Gasteiger partial charge on any atom is -0.374 e. The molecular formula is C22H17Cl2F5N2O2. The van der Waals surface area contributed by atoms with E-state index in [0.29, 0.717) is 12.3 Å². The van der Waals surface area contributed by atoms with Gasteiger partial charge in [0.1, 0.15) is 5.82 Å². The lowest BCUT2D eigenvalue weighted by Crippen LogP contribution is -2.42. The first-order chi connectivity index (χ1) is 15.5. The van der Waals surface area contributed by atoms with Gasteiger partial charge in [-0.1, -0.05) is 34.4 Å². The summed E-state index contributed by atoms with van der Waals surface area (Å²) in [6.07, 6.45) is -3.39. The van der Waals surface area contributed by atoms with Crippen LogP contribution in [0.15, 0.2) is 35.5 Å². The molecule has 0 radical (unpaired) electrons. The molecule has 1 amide bonds. The highest BCUT2D eigenvalue weighted by Gasteiger charge is 2.62. The number of halogens is 7. The fourth-order valence-corrected chi connectivity index (χ4v) is 4.07. The third-order valence-corrected chi connectivity index (χ3v) is 6.21. The van der Waals surface area contributed by atoms with Crippen LogP contribution in [-0.4, -0.2) is 17.8 Å². The number of hydrogen-bond acceptors (Lipinski definition) is 3. The highest BCUT2D eigenvalue weighted by Crippen LogP contribution is 2.50. The topological polar surface area (TPSA) is 50.7 Å². The van der Waals surface area contributed by atoms with Crippen molar-refractivity contribution in [2.45, 2.75) is 44.0 Å². The van der Waals surface area contributed by atoms with Crippen molar-refractivity contribution in [1.82, 2.24) is 5.32 Å². The highest BCUT2D eigenvalue weighted by molar-refractivity contribution is 6.35. The van der Waals surface area contributed by atoms with Gasteiger partial charge in [-0.25, -0.2) is 8.78 Å². The summed E-state index contributed by atoms with van der Waals surface area (Å²) in [5, 5.41) is 5.04. The molecule has 4 rings (SSSR count). The number of amides is 1. The molecule has 1 atom stereocenters. The molecule has 0 saturated heterocycles. The Balaban J connectivity index is 1.58. The molecule has 1 aliphatic heterocycles. The Bertz CT molecular complexity index is 1110. The van der Waals surface area contributed by atoms with Gasteiger partial charge < -0.3 is 10.2 Å². The molecule has 0 bridgehead atoms. The summed E-state index contributed by atoms with van der Waals surface area (Å²) in [6, 6.07) is 5.25. The number of nitrogens with one attached hydrogen (secondary N) is 1. The van der Waals surface area contributed by atoms with E-state index in [1.54, 1.807) is 0 Å². The lowest BCUT2D eigenvalue weighted by Gasteiger charge is -2.29. The van der Waals surface area contributed by atoms with Crippen molar-refractivity contribution in [1.29, 1.82) is 0 Å². The maximum Gasteiger partial charge on any atom is 0.435 e. The van der Waals surface area contributed by atoms with Gasteiger partial charge in [-0.05, 0) is 43.0 Å². The molecule has 4 nitrogen and oxygen atoms in total. The molecule has 11 heteroatoms. The number of benzene rings is 2. The average molecular weight is 507 g/mol. The van der Waals surface area contributed by atoms with Crippen molar-refractivity contribution in [3.63, 3.8) is 0 Å². The molecule has 176 valence electrons. The largest absolute Gasteiger partial charge is 0.435 e. The monoisotopic (exact) mass is 506 g/mol. The summed E-state index contributed by atoms with van der Waals surface area (Å²) >= 11 is 11.4. The smallest absolute Gasteiger partial charge is 0.374 e. The molecule has 1 N–H and O–H groups in total. The number of oxime groups is 1. The van der Waals surface area contributed by atoms with Crippen molar-refractivity contribution in [3.8, 4) is 0 Å². The molecule has 33 heavy (non-hydrogen) atoms. The Labute approximate surface area is 195 Å². The molecular weight excluding hydrogens is 490 g/mol. The standard InChI is InChI=1S/C22H17Cl2F5N2O2/c23-15-7-14(8-16(24)20(15)26)21(22(27,28)29)9-18(31-33-21)12-3-4-17(25)13(6-12)10-30-19(32)5-11-1-2-11/h3-4,6-8,11H,1-2,5,9-10H2,(H,30,32). The maximum atomic E-state index is 14.2. The van der Waals surface area contributed by atoms with Gasteiger partial charge >= 0.3 is 6.18 Å². The van der Waals surface area contributed by atoms with Crippen molar-refractivity contribution in [3.05, 3.63) is 68.7 Å². The van der Waals surface area contributed by atoms with Gasteiger partial charge in [0.25, 0.3) is 5.60 Å². The van der Waals surface area contributed by atoms with Gasteiger partial charge in [-0.15, -0.1) is 0 Å². The molecule has 1 saturated carbocycles. The lowest BCUT2D eigenvalue weighted by atomic mass is 9.86. The van der Waals surface area contributed by atoms with E-state index in [-0.39, 0.29) is 29.3 Å². The van der Waals surface area contributed by atoms with E-state index in [1.807, 2.05) is 0 Å². The van der Waals surface area contributed by atoms with Gasteiger partial charge in [0, 0.05) is 36.1 Å². The zero-order valence-electron chi connectivity index (χ0n) is 16.9. The van der Waals surface area contributed by atoms with E-state index in [1.165, 1.54) is 12.1 Å². The van der Waals surface area contributed by atoms with Crippen molar-refractivity contribution in [2.75, 3.05) is 0 Å². The molecule has 2 aromatic rings. The van der Waals surface area contributed by atoms with Crippen LogP contribution in [0.3, 0.4) is 0 Å². The van der Waals surface area contributed by atoms with Gasteiger partial charge in [0.15, 0.2) is 5.82 Å². The van der Waals surface area contributed by atoms with Crippen LogP contribution in [0.5, 0.6) is 0 Å². The second-order valence-corrected chi connectivity index (χ2v) is 8.93. The zero-order valence-corrected chi connectivity index (χ0v) is 18.4. The summed E-state index contributed by atoms with van der Waals surface area (Å²) in [7, 11) is 0. The van der Waals surface area contributed by atoms with Crippen LogP contribution in [0, 0.1) is 17.6 Å². The van der Waals surface area contributed by atoms with Crippen LogP contribution < -0.4 is 5.32 Å². The predicted molar refractivity (Wildman–Crippen MR) is 112 cm³/mol. The zero-order chi connectivity index (χ0) is 24.0. The predicted octanol–water partition coefficient (Wildman–Crippen LogP) is 6.27. The Hall–Kier alpha value is -2.39. The van der Waals surface area contributed by atoms with Gasteiger partial charge in [-0.2, -0.15) is 13.2 Å². The molecule has 2 aliphatic rings. The van der Waals surface area contributed by atoms with E-state index in [9.17, 15) is 26.7 Å². The van der Waals surface area contributed by atoms with Crippen LogP contribution in [0.2, 0.25) is 10.0 Å². The highest BCUT2D eigenvalue weighted by atomic mass is 35.5. The summed E-state index contributed by atoms with van der Waals surface area (Å²) < 4.78 is 70.4. The number of hydrogen-bond donors (Lipinski definition) is 1. The second kappa shape index (κ2) is 8.76. The number of alkyl halides is 3. The minimum atomic E-state index is -4.96. The molecule has 1 fully saturated rings. The second-order valence-electron chi connectivity index (χ2n) is 8.12. The molecule has 2 aromatic carbocycles. The molecule has 1 aliphatic carbocycles. The molecule has 0 spiro atoms. The van der Waals surface area contributed by atoms with Gasteiger partial charge in [0.2, 0.25) is 5.91 Å². The fraction of sp³-hybridized carbons (Fsp3) is 0.364. The van der Waals surface area contributed by atoms with E-state index in [0.717, 1.165) is 31.0 Å². The van der Waals surface area contributed by atoms with Crippen molar-refractivity contribution >= 4 is 34.8 Å². The Morgan fingerprint density at radius 1 is 1.15 bits per heavy atom. The fourth-order valence-electron chi connectivity index (χ4n) is 3.59. The summed E-state index contributed by atoms with van der Waals surface area (Å²) in [5.74, 6) is -1.53. The maximum absolute atomic E-state index is 14.2. The third-order valence-electron chi connectivity index (χ3n) is 5.66. The first kappa shape index (κ1) is 23.8. The van der Waals surface area contributed by atoms with Crippen molar-refractivity contribution < 1.29 is 31.6 Å². The molecule has 0 aromatic heterocycles. The summed E-state index contributed by atoms with van der Waals surface area (Å²) in [6.45, 7) is -0.118. The number of nitrogens with zero attached hydrogens (tertiary/aromatic N) is 1. The van der Waals surface area contributed by atoms with Crippen LogP contribution in [-0.2, 0) is 21.8 Å². The quantitative estimate of drug-likeness (QED) is 0.370. The molecule has 1 heterocycles. The average Bonchev–Trinajstić information content (AvgIpc) is 3.43. The summed E-state index contributed by atoms with van der Waals surface area (Å²) in [4.78, 5) is 16.8. The van der Waals surface area contributed by atoms with E-state index in [4.69, 9.17) is 28.0 Å².